The van der Waals surface area contributed by atoms with Gasteiger partial charge in [0.25, 0.3) is 5.91 Å². The number of halogens is 2. The van der Waals surface area contributed by atoms with Gasteiger partial charge in [0, 0.05) is 12.2 Å². The van der Waals surface area contributed by atoms with Crippen LogP contribution in [0.3, 0.4) is 0 Å². The first-order valence-electron chi connectivity index (χ1n) is 6.87. The summed E-state index contributed by atoms with van der Waals surface area (Å²) in [7, 11) is 0. The van der Waals surface area contributed by atoms with Crippen LogP contribution in [0.5, 0.6) is 0 Å². The van der Waals surface area contributed by atoms with Crippen LogP contribution in [-0.2, 0) is 9.53 Å². The summed E-state index contributed by atoms with van der Waals surface area (Å²) in [5, 5.41) is 0.268. The Balaban J connectivity index is 1.82. The van der Waals surface area contributed by atoms with Gasteiger partial charge in [-0.25, -0.2) is 4.39 Å². The fourth-order valence-electron chi connectivity index (χ4n) is 2.43. The molecule has 0 bridgehead atoms. The maximum Gasteiger partial charge on any atom is 0.266 e. The van der Waals surface area contributed by atoms with Gasteiger partial charge >= 0.3 is 0 Å². The molecular formula is C15H13ClFNO2S2. The van der Waals surface area contributed by atoms with Gasteiger partial charge in [-0.3, -0.25) is 9.69 Å². The molecule has 2 fully saturated rings. The average Bonchev–Trinajstić information content (AvgIpc) is 3.07. The van der Waals surface area contributed by atoms with Gasteiger partial charge in [-0.1, -0.05) is 41.6 Å². The first kappa shape index (κ1) is 15.9. The molecule has 0 radical (unpaired) electrons. The molecule has 22 heavy (non-hydrogen) atoms. The Morgan fingerprint density at radius 3 is 3.05 bits per heavy atom. The zero-order valence-electron chi connectivity index (χ0n) is 11.6. The van der Waals surface area contributed by atoms with Gasteiger partial charge in [0.05, 0.1) is 22.6 Å². The maximum absolute atomic E-state index is 13.8. The minimum absolute atomic E-state index is 0.0268. The topological polar surface area (TPSA) is 29.5 Å². The monoisotopic (exact) mass is 357 g/mol. The van der Waals surface area contributed by atoms with Crippen LogP contribution in [0.15, 0.2) is 23.1 Å². The van der Waals surface area contributed by atoms with Gasteiger partial charge in [-0.15, -0.1) is 0 Å². The number of hydrogen-bond acceptors (Lipinski definition) is 4. The molecular weight excluding hydrogens is 345 g/mol. The number of benzene rings is 1. The van der Waals surface area contributed by atoms with E-state index in [0.29, 0.717) is 15.8 Å². The van der Waals surface area contributed by atoms with Crippen LogP contribution in [0.1, 0.15) is 18.4 Å². The molecule has 116 valence electrons. The van der Waals surface area contributed by atoms with Gasteiger partial charge in [-0.2, -0.15) is 0 Å². The third-order valence-electron chi connectivity index (χ3n) is 3.56. The number of nitrogens with zero attached hydrogens (tertiary/aromatic N) is 1. The predicted octanol–water partition coefficient (Wildman–Crippen LogP) is 3.86. The maximum atomic E-state index is 13.8. The molecule has 2 aliphatic heterocycles. The van der Waals surface area contributed by atoms with Crippen molar-refractivity contribution in [3.63, 3.8) is 0 Å². The molecule has 7 heteroatoms. The molecule has 0 N–H and O–H groups in total. The Morgan fingerprint density at radius 1 is 1.55 bits per heavy atom. The second kappa shape index (κ2) is 6.66. The van der Waals surface area contributed by atoms with E-state index in [1.165, 1.54) is 34.9 Å². The van der Waals surface area contributed by atoms with Gasteiger partial charge in [0.15, 0.2) is 0 Å². The van der Waals surface area contributed by atoms with E-state index in [1.54, 1.807) is 6.07 Å². The summed E-state index contributed by atoms with van der Waals surface area (Å²) in [6.07, 6.45) is 3.42. The van der Waals surface area contributed by atoms with Gasteiger partial charge in [-0.05, 0) is 31.1 Å². The number of amides is 1. The van der Waals surface area contributed by atoms with Crippen molar-refractivity contribution in [2.75, 3.05) is 13.2 Å². The van der Waals surface area contributed by atoms with Crippen molar-refractivity contribution in [2.45, 2.75) is 18.9 Å². The van der Waals surface area contributed by atoms with Crippen LogP contribution in [0.25, 0.3) is 6.08 Å². The highest BCUT2D eigenvalue weighted by Crippen LogP contribution is 2.35. The highest BCUT2D eigenvalue weighted by atomic mass is 35.5. The zero-order chi connectivity index (χ0) is 15.7. The lowest BCUT2D eigenvalue weighted by molar-refractivity contribution is -0.123. The van der Waals surface area contributed by atoms with Gasteiger partial charge < -0.3 is 4.74 Å². The number of rotatable bonds is 3. The number of thioether (sulfide) groups is 1. The van der Waals surface area contributed by atoms with Crippen LogP contribution in [0, 0.1) is 5.82 Å². The highest BCUT2D eigenvalue weighted by molar-refractivity contribution is 8.26. The van der Waals surface area contributed by atoms with Crippen molar-refractivity contribution >= 4 is 51.9 Å². The molecule has 3 nitrogen and oxygen atoms in total. The molecule has 1 unspecified atom stereocenters. The van der Waals surface area contributed by atoms with Crippen LogP contribution in [0.4, 0.5) is 4.39 Å². The summed E-state index contributed by atoms with van der Waals surface area (Å²) in [5.41, 5.74) is 0.210. The first-order valence-corrected chi connectivity index (χ1v) is 8.47. The van der Waals surface area contributed by atoms with E-state index in [-0.39, 0.29) is 22.6 Å². The third-order valence-corrected chi connectivity index (χ3v) is 5.27. The molecule has 0 aliphatic carbocycles. The largest absolute Gasteiger partial charge is 0.376 e. The van der Waals surface area contributed by atoms with E-state index in [2.05, 4.69) is 0 Å². The molecule has 1 aromatic carbocycles. The van der Waals surface area contributed by atoms with E-state index in [1.807, 2.05) is 0 Å². The summed E-state index contributed by atoms with van der Waals surface area (Å²) in [6, 6.07) is 4.42. The zero-order valence-corrected chi connectivity index (χ0v) is 13.9. The number of carbonyl (C=O) groups is 1. The predicted molar refractivity (Wildman–Crippen MR) is 90.3 cm³/mol. The molecule has 1 amide bonds. The molecule has 0 saturated carbocycles. The van der Waals surface area contributed by atoms with E-state index in [9.17, 15) is 9.18 Å². The lowest BCUT2D eigenvalue weighted by Gasteiger charge is -2.18. The highest BCUT2D eigenvalue weighted by Gasteiger charge is 2.34. The van der Waals surface area contributed by atoms with E-state index in [4.69, 9.17) is 28.6 Å². The fraction of sp³-hybridized carbons (Fsp3) is 0.333. The van der Waals surface area contributed by atoms with Crippen LogP contribution in [-0.4, -0.2) is 34.4 Å². The molecule has 2 heterocycles. The first-order chi connectivity index (χ1) is 10.6. The molecule has 0 spiro atoms. The van der Waals surface area contributed by atoms with Crippen LogP contribution in [0.2, 0.25) is 5.02 Å². The summed E-state index contributed by atoms with van der Waals surface area (Å²) >= 11 is 12.4. The van der Waals surface area contributed by atoms with Crippen molar-refractivity contribution in [2.24, 2.45) is 0 Å². The van der Waals surface area contributed by atoms with Crippen molar-refractivity contribution in [3.05, 3.63) is 39.5 Å². The smallest absolute Gasteiger partial charge is 0.266 e. The molecule has 3 rings (SSSR count). The number of thiocarbonyl (C=S) groups is 1. The minimum atomic E-state index is -0.461. The van der Waals surface area contributed by atoms with E-state index >= 15 is 0 Å². The Hall–Kier alpha value is -0.950. The van der Waals surface area contributed by atoms with Gasteiger partial charge in [0.1, 0.15) is 10.1 Å². The number of carbonyl (C=O) groups excluding carboxylic acids is 1. The Labute approximate surface area is 142 Å². The van der Waals surface area contributed by atoms with Crippen molar-refractivity contribution in [3.8, 4) is 0 Å². The van der Waals surface area contributed by atoms with Crippen molar-refractivity contribution < 1.29 is 13.9 Å². The summed E-state index contributed by atoms with van der Waals surface area (Å²) in [5.74, 6) is -0.679. The third kappa shape index (κ3) is 3.20. The van der Waals surface area contributed by atoms with E-state index < -0.39 is 5.82 Å². The number of ether oxygens (including phenoxy) is 1. The Bertz CT molecular complexity index is 639. The SMILES string of the molecule is O=C1/C(=C/c2c(F)cccc2Cl)SC(=S)N1CC1CCCO1. The fourth-order valence-corrected chi connectivity index (χ4v) is 3.90. The Kier molecular flexibility index (Phi) is 4.82. The standard InChI is InChI=1S/C15H13ClFNO2S2/c16-11-4-1-5-12(17)10(11)7-13-14(19)18(15(21)22-13)8-9-3-2-6-20-9/h1,4-5,7,9H,2-3,6,8H2/b13-7-. The van der Waals surface area contributed by atoms with Crippen LogP contribution < -0.4 is 0 Å². The quantitative estimate of drug-likeness (QED) is 0.607. The molecule has 2 aliphatic rings. The molecule has 1 aromatic rings. The van der Waals surface area contributed by atoms with Crippen molar-refractivity contribution in [1.82, 2.24) is 4.90 Å². The lowest BCUT2D eigenvalue weighted by atomic mass is 10.2. The lowest BCUT2D eigenvalue weighted by Crippen LogP contribution is -2.35. The Morgan fingerprint density at radius 2 is 2.36 bits per heavy atom. The number of hydrogen-bond donors (Lipinski definition) is 0. The van der Waals surface area contributed by atoms with Crippen molar-refractivity contribution in [1.29, 1.82) is 0 Å². The van der Waals surface area contributed by atoms with Gasteiger partial charge in [0.2, 0.25) is 0 Å². The van der Waals surface area contributed by atoms with Crippen LogP contribution >= 0.6 is 35.6 Å². The second-order valence-electron chi connectivity index (χ2n) is 5.06. The van der Waals surface area contributed by atoms with E-state index in [0.717, 1.165) is 19.4 Å². The minimum Gasteiger partial charge on any atom is -0.376 e. The average molecular weight is 358 g/mol. The molecule has 2 saturated heterocycles. The summed E-state index contributed by atoms with van der Waals surface area (Å²) in [4.78, 5) is 14.4. The summed E-state index contributed by atoms with van der Waals surface area (Å²) in [6.45, 7) is 1.17. The molecule has 1 atom stereocenters. The molecule has 0 aromatic heterocycles. The summed E-state index contributed by atoms with van der Waals surface area (Å²) < 4.78 is 19.8. The second-order valence-corrected chi connectivity index (χ2v) is 7.15. The normalized spacial score (nSPS) is 23.8.